The zero-order valence-electron chi connectivity index (χ0n) is 18.7. The van der Waals surface area contributed by atoms with Crippen molar-refractivity contribution in [2.24, 2.45) is 0 Å². The van der Waals surface area contributed by atoms with Crippen molar-refractivity contribution in [2.45, 2.75) is 110 Å². The van der Waals surface area contributed by atoms with Gasteiger partial charge >= 0.3 is 16.5 Å². The summed E-state index contributed by atoms with van der Waals surface area (Å²) in [6, 6.07) is 0. The molecule has 1 heterocycles. The van der Waals surface area contributed by atoms with E-state index in [2.05, 4.69) is 53.5 Å². The summed E-state index contributed by atoms with van der Waals surface area (Å²) in [7, 11) is 0. The van der Waals surface area contributed by atoms with Crippen LogP contribution in [0, 0.1) is 13.8 Å². The van der Waals surface area contributed by atoms with Crippen LogP contribution < -0.4 is 0 Å². The van der Waals surface area contributed by atoms with Gasteiger partial charge in [-0.3, -0.25) is 6.29 Å². The molecule has 0 saturated heterocycles. The minimum absolute atomic E-state index is 0. The fourth-order valence-electron chi connectivity index (χ4n) is 2.31. The number of carbonyl (C=O) groups excluding carboxylic acids is 1. The number of tetrazole rings is 1. The van der Waals surface area contributed by atoms with Gasteiger partial charge in [-0.2, -0.15) is 24.5 Å². The van der Waals surface area contributed by atoms with Crippen LogP contribution in [-0.4, -0.2) is 26.9 Å². The Labute approximate surface area is 190 Å². The Balaban J connectivity index is -0.000000475. The fraction of sp³-hybridized carbons (Fsp3) is 0.739. The van der Waals surface area contributed by atoms with Crippen molar-refractivity contribution < 1.29 is 21.3 Å². The normalized spacial score (nSPS) is 9.79. The topological polar surface area (TPSA) is 71.5 Å². The summed E-state index contributed by atoms with van der Waals surface area (Å²) >= 11 is 0. The molecular formula is C23H43N4NiO. The molecule has 171 valence electrons. The monoisotopic (exact) mass is 449 g/mol. The van der Waals surface area contributed by atoms with Crippen LogP contribution in [0.3, 0.4) is 0 Å². The Morgan fingerprint density at radius 1 is 0.931 bits per heavy atom. The molecule has 6 heteroatoms. The molecule has 0 aliphatic heterocycles. The van der Waals surface area contributed by atoms with Gasteiger partial charge in [0.15, 0.2) is 5.82 Å². The molecule has 29 heavy (non-hydrogen) atoms. The van der Waals surface area contributed by atoms with Crippen LogP contribution in [0.25, 0.3) is 0 Å². The van der Waals surface area contributed by atoms with E-state index in [1.54, 1.807) is 0 Å². The number of allylic oxidation sites excluding steroid dienone is 2. The number of nitrogens with one attached hydrogen (secondary N) is 1. The second kappa shape index (κ2) is 31.7. The molecule has 0 amide bonds. The van der Waals surface area contributed by atoms with Crippen LogP contribution in [0.1, 0.15) is 110 Å². The van der Waals surface area contributed by atoms with E-state index in [-0.39, 0.29) is 16.5 Å². The number of hydrogen-bond donors (Lipinski definition) is 1. The van der Waals surface area contributed by atoms with Gasteiger partial charge in [0.2, 0.25) is 0 Å². The molecule has 1 aromatic rings. The number of rotatable bonds is 15. The largest absolute Gasteiger partial charge is 3.00 e. The number of aromatic amines is 1. The minimum Gasteiger partial charge on any atom is -0.542 e. The first-order valence-electron chi connectivity index (χ1n) is 11.1. The summed E-state index contributed by atoms with van der Waals surface area (Å²) in [5.74, 6) is 0.832. The quantitative estimate of drug-likeness (QED) is 0.142. The molecule has 0 aromatic carbocycles. The molecule has 0 unspecified atom stereocenters. The van der Waals surface area contributed by atoms with E-state index in [1.165, 1.54) is 57.8 Å². The van der Waals surface area contributed by atoms with E-state index in [0.29, 0.717) is 6.42 Å². The van der Waals surface area contributed by atoms with Crippen molar-refractivity contribution >= 4 is 6.29 Å². The summed E-state index contributed by atoms with van der Waals surface area (Å²) < 4.78 is 0. The van der Waals surface area contributed by atoms with Crippen molar-refractivity contribution in [1.29, 1.82) is 0 Å². The van der Waals surface area contributed by atoms with Crippen molar-refractivity contribution in [3.05, 3.63) is 31.8 Å². The predicted octanol–water partition coefficient (Wildman–Crippen LogP) is 6.55. The van der Waals surface area contributed by atoms with Gasteiger partial charge in [0, 0.05) is 6.42 Å². The summed E-state index contributed by atoms with van der Waals surface area (Å²) in [6.45, 7) is 11.5. The van der Waals surface area contributed by atoms with Crippen molar-refractivity contribution in [2.75, 3.05) is 0 Å². The number of aryl methyl sites for hydroxylation is 1. The summed E-state index contributed by atoms with van der Waals surface area (Å²) in [4.78, 5) is 9.64. The van der Waals surface area contributed by atoms with Gasteiger partial charge < -0.3 is 18.6 Å². The van der Waals surface area contributed by atoms with Gasteiger partial charge in [-0.15, -0.1) is 10.2 Å². The molecule has 0 aliphatic rings. The van der Waals surface area contributed by atoms with Gasteiger partial charge in [0.05, 0.1) is 0 Å². The third kappa shape index (κ3) is 31.9. The zero-order valence-corrected chi connectivity index (χ0v) is 19.7. The molecule has 0 spiro atoms. The van der Waals surface area contributed by atoms with Gasteiger partial charge in [0.1, 0.15) is 0 Å². The minimum atomic E-state index is 0. The molecule has 0 fully saturated rings. The molecule has 5 nitrogen and oxygen atoms in total. The first kappa shape index (κ1) is 32.6. The molecule has 0 saturated carbocycles. The Morgan fingerprint density at radius 3 is 2.10 bits per heavy atom. The third-order valence-electron chi connectivity index (χ3n) is 3.83. The molecule has 0 atom stereocenters. The third-order valence-corrected chi connectivity index (χ3v) is 3.83. The van der Waals surface area contributed by atoms with Crippen molar-refractivity contribution in [3.8, 4) is 0 Å². The average Bonchev–Trinajstić information content (AvgIpc) is 3.21. The van der Waals surface area contributed by atoms with Crippen molar-refractivity contribution in [3.63, 3.8) is 0 Å². The maximum Gasteiger partial charge on any atom is 3.00 e. The maximum absolute atomic E-state index is 9.64. The van der Waals surface area contributed by atoms with Gasteiger partial charge in [0.25, 0.3) is 0 Å². The van der Waals surface area contributed by atoms with Gasteiger partial charge in [-0.05, 0) is 25.7 Å². The SMILES string of the molecule is CCCCCC[C-]=O.[CH2-]CC.[CH2-]CCC/C=C\CCCCCCc1nn[nH]n1.[Ni+3]. The maximum atomic E-state index is 9.64. The van der Waals surface area contributed by atoms with E-state index in [1.807, 2.05) is 13.2 Å². The fourth-order valence-corrected chi connectivity index (χ4v) is 2.31. The molecule has 1 rings (SSSR count). The summed E-state index contributed by atoms with van der Waals surface area (Å²) in [6.07, 6.45) is 23.3. The molecule has 1 radical (unpaired) electrons. The first-order valence-corrected chi connectivity index (χ1v) is 11.1. The summed E-state index contributed by atoms with van der Waals surface area (Å²) in [5.41, 5.74) is 0. The molecular weight excluding hydrogens is 407 g/mol. The van der Waals surface area contributed by atoms with Gasteiger partial charge in [-0.1, -0.05) is 76.2 Å². The molecule has 1 N–H and O–H groups in total. The zero-order chi connectivity index (χ0) is 21.1. The van der Waals surface area contributed by atoms with Crippen LogP contribution in [0.4, 0.5) is 0 Å². The van der Waals surface area contributed by atoms with E-state index in [4.69, 9.17) is 0 Å². The Morgan fingerprint density at radius 2 is 1.55 bits per heavy atom. The molecule has 0 bridgehead atoms. The standard InChI is InChI=1S/C13H23N4.C7H13O.C3H7.Ni/c1-2-3-4-5-6-7-8-9-10-11-12-13-14-16-17-15-13;1-2-3-4-5-6-7-8;1-3-2;/h5-6H,1-4,7-12H2,(H,14,15,16,17);2-6H2,1H3;1,3H2,2H3;/q3*-1;+3/b6-5-;;;. The van der Waals surface area contributed by atoms with Gasteiger partial charge in [-0.25, -0.2) is 0 Å². The van der Waals surface area contributed by atoms with E-state index in [0.717, 1.165) is 37.9 Å². The van der Waals surface area contributed by atoms with E-state index in [9.17, 15) is 4.79 Å². The second-order valence-electron chi connectivity index (χ2n) is 6.70. The average molecular weight is 450 g/mol. The Hall–Kier alpha value is -1.03. The molecule has 1 aromatic heterocycles. The molecule has 0 aliphatic carbocycles. The number of nitrogens with zero attached hydrogens (tertiary/aromatic N) is 3. The van der Waals surface area contributed by atoms with Crippen LogP contribution in [-0.2, 0) is 27.7 Å². The second-order valence-corrected chi connectivity index (χ2v) is 6.70. The van der Waals surface area contributed by atoms with Crippen LogP contribution in [0.15, 0.2) is 12.2 Å². The number of unbranched alkanes of at least 4 members (excludes halogenated alkanes) is 10. The number of aromatic nitrogens is 4. The van der Waals surface area contributed by atoms with Crippen LogP contribution in [0.5, 0.6) is 0 Å². The Kier molecular flexibility index (Phi) is 35.6. The smallest absolute Gasteiger partial charge is 0.542 e. The van der Waals surface area contributed by atoms with Crippen LogP contribution >= 0.6 is 0 Å². The number of hydrogen-bond acceptors (Lipinski definition) is 4. The predicted molar refractivity (Wildman–Crippen MR) is 119 cm³/mol. The Bertz CT molecular complexity index is 411. The van der Waals surface area contributed by atoms with Crippen molar-refractivity contribution in [1.82, 2.24) is 20.6 Å². The van der Waals surface area contributed by atoms with E-state index >= 15 is 0 Å². The van der Waals surface area contributed by atoms with E-state index < -0.39 is 0 Å². The number of H-pyrrole nitrogens is 1. The summed E-state index contributed by atoms with van der Waals surface area (Å²) in [5, 5.41) is 13.9. The van der Waals surface area contributed by atoms with Crippen LogP contribution in [0.2, 0.25) is 0 Å². The first-order chi connectivity index (χ1) is 13.8.